The lowest BCUT2D eigenvalue weighted by atomic mass is 10.2. The number of carbonyl (C=O) groups excluding carboxylic acids is 2. The molecular formula is C17H18FN3O3. The van der Waals surface area contributed by atoms with Gasteiger partial charge in [-0.3, -0.25) is 4.79 Å². The Kier molecular flexibility index (Phi) is 4.79. The predicted octanol–water partition coefficient (Wildman–Crippen LogP) is 2.73. The molecule has 1 aliphatic rings. The van der Waals surface area contributed by atoms with Crippen molar-refractivity contribution in [2.24, 2.45) is 0 Å². The molecule has 2 aromatic rings. The van der Waals surface area contributed by atoms with Crippen molar-refractivity contribution in [3.63, 3.8) is 0 Å². The van der Waals surface area contributed by atoms with E-state index in [0.717, 1.165) is 6.42 Å². The van der Waals surface area contributed by atoms with Gasteiger partial charge in [0.2, 0.25) is 5.91 Å². The molecule has 1 aromatic carbocycles. The summed E-state index contributed by atoms with van der Waals surface area (Å²) in [5.41, 5.74) is 0.489. The zero-order chi connectivity index (χ0) is 16.9. The minimum absolute atomic E-state index is 0.210. The molecular weight excluding hydrogens is 313 g/mol. The van der Waals surface area contributed by atoms with E-state index in [1.54, 1.807) is 18.4 Å². The van der Waals surface area contributed by atoms with Crippen LogP contribution >= 0.6 is 0 Å². The van der Waals surface area contributed by atoms with E-state index < -0.39 is 6.04 Å². The summed E-state index contributed by atoms with van der Waals surface area (Å²) >= 11 is 0. The first-order valence-corrected chi connectivity index (χ1v) is 7.77. The molecule has 1 atom stereocenters. The van der Waals surface area contributed by atoms with E-state index >= 15 is 0 Å². The van der Waals surface area contributed by atoms with Crippen molar-refractivity contribution in [1.82, 2.24) is 10.2 Å². The SMILES string of the molecule is O=C(NCc1ccco1)C1CCCN1C(=O)Nc1ccc(F)cc1. The molecule has 7 heteroatoms. The van der Waals surface area contributed by atoms with Crippen LogP contribution in [0.2, 0.25) is 0 Å². The maximum Gasteiger partial charge on any atom is 0.322 e. The van der Waals surface area contributed by atoms with Crippen LogP contribution in [0, 0.1) is 5.82 Å². The fourth-order valence-corrected chi connectivity index (χ4v) is 2.72. The molecule has 0 saturated carbocycles. The number of rotatable bonds is 4. The molecule has 1 aliphatic heterocycles. The maximum absolute atomic E-state index is 12.9. The molecule has 1 fully saturated rings. The van der Waals surface area contributed by atoms with Crippen LogP contribution in [0.15, 0.2) is 47.1 Å². The lowest BCUT2D eigenvalue weighted by Crippen LogP contribution is -2.47. The van der Waals surface area contributed by atoms with Crippen LogP contribution in [0.5, 0.6) is 0 Å². The predicted molar refractivity (Wildman–Crippen MR) is 85.7 cm³/mol. The highest BCUT2D eigenvalue weighted by atomic mass is 19.1. The Morgan fingerprint density at radius 3 is 2.75 bits per heavy atom. The topological polar surface area (TPSA) is 74.6 Å². The summed E-state index contributed by atoms with van der Waals surface area (Å²) in [6, 6.07) is 8.15. The van der Waals surface area contributed by atoms with E-state index in [0.29, 0.717) is 24.4 Å². The molecule has 2 heterocycles. The van der Waals surface area contributed by atoms with Gasteiger partial charge in [0.1, 0.15) is 17.6 Å². The molecule has 0 aliphatic carbocycles. The smallest absolute Gasteiger partial charge is 0.322 e. The van der Waals surface area contributed by atoms with E-state index in [1.807, 2.05) is 0 Å². The Balaban J connectivity index is 1.58. The molecule has 1 unspecified atom stereocenters. The second-order valence-electron chi connectivity index (χ2n) is 5.59. The average molecular weight is 331 g/mol. The molecule has 2 N–H and O–H groups in total. The molecule has 3 amide bonds. The second-order valence-corrected chi connectivity index (χ2v) is 5.59. The number of amides is 3. The molecule has 3 rings (SSSR count). The van der Waals surface area contributed by atoms with Gasteiger partial charge in [0, 0.05) is 12.2 Å². The number of nitrogens with zero attached hydrogens (tertiary/aromatic N) is 1. The molecule has 0 bridgehead atoms. The summed E-state index contributed by atoms with van der Waals surface area (Å²) in [5.74, 6) is 0.0752. The van der Waals surface area contributed by atoms with E-state index in [1.165, 1.54) is 29.2 Å². The van der Waals surface area contributed by atoms with Gasteiger partial charge >= 0.3 is 6.03 Å². The van der Waals surface area contributed by atoms with Crippen molar-refractivity contribution in [2.75, 3.05) is 11.9 Å². The lowest BCUT2D eigenvalue weighted by Gasteiger charge is -2.24. The summed E-state index contributed by atoms with van der Waals surface area (Å²) < 4.78 is 18.1. The fourth-order valence-electron chi connectivity index (χ4n) is 2.72. The van der Waals surface area contributed by atoms with Gasteiger partial charge in [-0.2, -0.15) is 0 Å². The van der Waals surface area contributed by atoms with Gasteiger partial charge in [0.05, 0.1) is 12.8 Å². The number of likely N-dealkylation sites (tertiary alicyclic amines) is 1. The van der Waals surface area contributed by atoms with Crippen LogP contribution in [0.25, 0.3) is 0 Å². The number of hydrogen-bond donors (Lipinski definition) is 2. The van der Waals surface area contributed by atoms with Gasteiger partial charge < -0.3 is 20.0 Å². The van der Waals surface area contributed by atoms with Gasteiger partial charge in [0.15, 0.2) is 0 Å². The standard InChI is InChI=1S/C17H18FN3O3/c18-12-5-7-13(8-6-12)20-17(23)21-9-1-4-15(21)16(22)19-11-14-3-2-10-24-14/h2-3,5-8,10,15H,1,4,9,11H2,(H,19,22)(H,20,23). The van der Waals surface area contributed by atoms with E-state index in [2.05, 4.69) is 10.6 Å². The Morgan fingerprint density at radius 1 is 1.25 bits per heavy atom. The number of carbonyl (C=O) groups is 2. The number of benzene rings is 1. The van der Waals surface area contributed by atoms with Crippen LogP contribution in [0.1, 0.15) is 18.6 Å². The van der Waals surface area contributed by atoms with Gasteiger partial charge in [-0.25, -0.2) is 9.18 Å². The monoisotopic (exact) mass is 331 g/mol. The van der Waals surface area contributed by atoms with Crippen molar-refractivity contribution in [3.8, 4) is 0 Å². The largest absolute Gasteiger partial charge is 0.467 e. The normalized spacial score (nSPS) is 16.9. The van der Waals surface area contributed by atoms with E-state index in [9.17, 15) is 14.0 Å². The highest BCUT2D eigenvalue weighted by Gasteiger charge is 2.34. The number of furan rings is 1. The van der Waals surface area contributed by atoms with Crippen LogP contribution in [0.4, 0.5) is 14.9 Å². The maximum atomic E-state index is 12.9. The fraction of sp³-hybridized carbons (Fsp3) is 0.294. The Bertz CT molecular complexity index is 700. The zero-order valence-electron chi connectivity index (χ0n) is 13.0. The van der Waals surface area contributed by atoms with Crippen molar-refractivity contribution in [3.05, 3.63) is 54.2 Å². The van der Waals surface area contributed by atoms with Gasteiger partial charge in [-0.05, 0) is 49.2 Å². The number of hydrogen-bond acceptors (Lipinski definition) is 3. The molecule has 0 radical (unpaired) electrons. The zero-order valence-corrected chi connectivity index (χ0v) is 13.0. The first kappa shape index (κ1) is 16.0. The minimum Gasteiger partial charge on any atom is -0.467 e. The molecule has 126 valence electrons. The summed E-state index contributed by atoms with van der Waals surface area (Å²) in [6.45, 7) is 0.793. The van der Waals surface area contributed by atoms with Crippen LogP contribution < -0.4 is 10.6 Å². The number of halogens is 1. The summed E-state index contributed by atoms with van der Waals surface area (Å²) in [6.07, 6.45) is 2.91. The summed E-state index contributed by atoms with van der Waals surface area (Å²) in [4.78, 5) is 26.2. The third-order valence-electron chi connectivity index (χ3n) is 3.93. The average Bonchev–Trinajstić information content (AvgIpc) is 3.26. The molecule has 24 heavy (non-hydrogen) atoms. The number of nitrogens with one attached hydrogen (secondary N) is 2. The Morgan fingerprint density at radius 2 is 2.04 bits per heavy atom. The molecule has 6 nitrogen and oxygen atoms in total. The Hall–Kier alpha value is -2.83. The van der Waals surface area contributed by atoms with E-state index in [4.69, 9.17) is 4.42 Å². The first-order valence-electron chi connectivity index (χ1n) is 7.77. The molecule has 0 spiro atoms. The van der Waals surface area contributed by atoms with Crippen LogP contribution in [-0.2, 0) is 11.3 Å². The third kappa shape index (κ3) is 3.73. The highest BCUT2D eigenvalue weighted by molar-refractivity contribution is 5.94. The Labute approximate surface area is 138 Å². The first-order chi connectivity index (χ1) is 11.6. The van der Waals surface area contributed by atoms with Crippen LogP contribution in [0.3, 0.4) is 0 Å². The number of anilines is 1. The van der Waals surface area contributed by atoms with Crippen molar-refractivity contribution in [2.45, 2.75) is 25.4 Å². The quantitative estimate of drug-likeness (QED) is 0.904. The van der Waals surface area contributed by atoms with E-state index in [-0.39, 0.29) is 24.3 Å². The van der Waals surface area contributed by atoms with Gasteiger partial charge in [-0.1, -0.05) is 0 Å². The molecule has 1 saturated heterocycles. The minimum atomic E-state index is -0.514. The van der Waals surface area contributed by atoms with Gasteiger partial charge in [-0.15, -0.1) is 0 Å². The molecule has 1 aromatic heterocycles. The number of urea groups is 1. The van der Waals surface area contributed by atoms with Crippen molar-refractivity contribution in [1.29, 1.82) is 0 Å². The van der Waals surface area contributed by atoms with Crippen molar-refractivity contribution >= 4 is 17.6 Å². The summed E-state index contributed by atoms with van der Waals surface area (Å²) in [7, 11) is 0. The highest BCUT2D eigenvalue weighted by Crippen LogP contribution is 2.19. The second kappa shape index (κ2) is 7.16. The van der Waals surface area contributed by atoms with Gasteiger partial charge in [0.25, 0.3) is 0 Å². The summed E-state index contributed by atoms with van der Waals surface area (Å²) in [5, 5.41) is 5.47. The third-order valence-corrected chi connectivity index (χ3v) is 3.93. The van der Waals surface area contributed by atoms with Crippen molar-refractivity contribution < 1.29 is 18.4 Å². The lowest BCUT2D eigenvalue weighted by molar-refractivity contribution is -0.124. The van der Waals surface area contributed by atoms with Crippen LogP contribution in [-0.4, -0.2) is 29.4 Å².